The number of rotatable bonds is 5. The third-order valence-corrected chi connectivity index (χ3v) is 6.74. The smallest absolute Gasteiger partial charge is 0.230 e. The van der Waals surface area contributed by atoms with E-state index >= 15 is 0 Å². The summed E-state index contributed by atoms with van der Waals surface area (Å²) in [5.41, 5.74) is 4.65. The number of pyridine rings is 2. The van der Waals surface area contributed by atoms with Crippen LogP contribution in [-0.2, 0) is 16.1 Å². The molecule has 3 aromatic rings. The minimum absolute atomic E-state index is 0.0101. The zero-order chi connectivity index (χ0) is 23.5. The highest BCUT2D eigenvalue weighted by Crippen LogP contribution is 2.40. The molecule has 176 valence electrons. The summed E-state index contributed by atoms with van der Waals surface area (Å²) in [6, 6.07) is 12.1. The van der Waals surface area contributed by atoms with Gasteiger partial charge in [-0.25, -0.2) is 4.98 Å². The van der Waals surface area contributed by atoms with Crippen LogP contribution in [0.1, 0.15) is 38.2 Å². The summed E-state index contributed by atoms with van der Waals surface area (Å²) < 4.78 is 11.2. The fourth-order valence-corrected chi connectivity index (χ4v) is 4.89. The molecule has 1 aromatic carbocycles. The van der Waals surface area contributed by atoms with Gasteiger partial charge >= 0.3 is 0 Å². The standard InChI is InChI=1S/C27H30N4O3/c1-3-34-23-13-21(15-28-16-23)19-8-11-24-25(14-19)31(17-20-5-4-12-29-26(20)30-24)27(32)18-6-9-22(33-2)10-7-18/h4-5,8,11-16,18,22H,3,6-7,9-10,17H2,1-2H3,(H,29,30)/t18-,22-. The van der Waals surface area contributed by atoms with Crippen LogP contribution in [0.2, 0.25) is 0 Å². The largest absolute Gasteiger partial charge is 0.492 e. The molecular formula is C27H30N4O3. The Hall–Kier alpha value is -3.45. The van der Waals surface area contributed by atoms with Crippen LogP contribution in [0.4, 0.5) is 17.2 Å². The van der Waals surface area contributed by atoms with Crippen LogP contribution < -0.4 is 15.0 Å². The Morgan fingerprint density at radius 3 is 2.76 bits per heavy atom. The lowest BCUT2D eigenvalue weighted by Gasteiger charge is -2.32. The van der Waals surface area contributed by atoms with Crippen LogP contribution in [0, 0.1) is 5.92 Å². The van der Waals surface area contributed by atoms with E-state index in [2.05, 4.69) is 21.4 Å². The van der Waals surface area contributed by atoms with Crippen molar-refractivity contribution in [3.05, 3.63) is 60.6 Å². The van der Waals surface area contributed by atoms with Gasteiger partial charge in [0.05, 0.1) is 36.8 Å². The van der Waals surface area contributed by atoms with Crippen molar-refractivity contribution in [2.75, 3.05) is 23.9 Å². The molecule has 34 heavy (non-hydrogen) atoms. The molecule has 0 bridgehead atoms. The monoisotopic (exact) mass is 458 g/mol. The van der Waals surface area contributed by atoms with E-state index in [0.717, 1.165) is 65.3 Å². The third-order valence-electron chi connectivity index (χ3n) is 6.74. The first-order chi connectivity index (χ1) is 16.7. The molecule has 1 saturated carbocycles. The molecule has 2 aliphatic rings. The lowest BCUT2D eigenvalue weighted by Crippen LogP contribution is -2.38. The average Bonchev–Trinajstić information content (AvgIpc) is 3.05. The van der Waals surface area contributed by atoms with Gasteiger partial charge in [-0.2, -0.15) is 0 Å². The second kappa shape index (κ2) is 9.81. The van der Waals surface area contributed by atoms with Gasteiger partial charge < -0.3 is 19.7 Å². The normalized spacial score (nSPS) is 19.4. The van der Waals surface area contributed by atoms with Crippen LogP contribution >= 0.6 is 0 Å². The molecular weight excluding hydrogens is 428 g/mol. The first-order valence-corrected chi connectivity index (χ1v) is 11.9. The highest BCUT2D eigenvalue weighted by molar-refractivity contribution is 6.00. The first-order valence-electron chi connectivity index (χ1n) is 11.9. The molecule has 0 atom stereocenters. The zero-order valence-corrected chi connectivity index (χ0v) is 19.7. The molecule has 1 aliphatic heterocycles. The fraction of sp³-hybridized carbons (Fsp3) is 0.370. The lowest BCUT2D eigenvalue weighted by atomic mass is 9.86. The van der Waals surface area contributed by atoms with Gasteiger partial charge in [-0.3, -0.25) is 9.78 Å². The number of benzene rings is 1. The number of hydrogen-bond acceptors (Lipinski definition) is 6. The number of methoxy groups -OCH3 is 1. The van der Waals surface area contributed by atoms with Crippen molar-refractivity contribution in [3.63, 3.8) is 0 Å². The summed E-state index contributed by atoms with van der Waals surface area (Å²) in [6.07, 6.45) is 9.08. The van der Waals surface area contributed by atoms with Crippen molar-refractivity contribution in [2.24, 2.45) is 5.92 Å². The highest BCUT2D eigenvalue weighted by Gasteiger charge is 2.33. The molecule has 3 heterocycles. The van der Waals surface area contributed by atoms with Crippen LogP contribution in [0.5, 0.6) is 5.75 Å². The maximum atomic E-state index is 13.9. The summed E-state index contributed by atoms with van der Waals surface area (Å²) in [5, 5.41) is 3.45. The SMILES string of the molecule is CCOc1cncc(-c2ccc3c(c2)N(C(=O)[C@H]2CC[C@H](OC)CC2)Cc2cccnc2N3)c1. The van der Waals surface area contributed by atoms with E-state index in [9.17, 15) is 4.79 Å². The van der Waals surface area contributed by atoms with Gasteiger partial charge in [-0.1, -0.05) is 12.1 Å². The van der Waals surface area contributed by atoms with Crippen molar-refractivity contribution in [1.29, 1.82) is 0 Å². The van der Waals surface area contributed by atoms with E-state index < -0.39 is 0 Å². The van der Waals surface area contributed by atoms with Gasteiger partial charge in [0.2, 0.25) is 5.91 Å². The highest BCUT2D eigenvalue weighted by atomic mass is 16.5. The predicted molar refractivity (Wildman–Crippen MR) is 132 cm³/mol. The minimum Gasteiger partial charge on any atom is -0.492 e. The van der Waals surface area contributed by atoms with Crippen LogP contribution in [0.15, 0.2) is 55.0 Å². The minimum atomic E-state index is -0.0101. The van der Waals surface area contributed by atoms with Crippen LogP contribution in [-0.4, -0.2) is 35.7 Å². The number of ether oxygens (including phenoxy) is 2. The Kier molecular flexibility index (Phi) is 6.45. The van der Waals surface area contributed by atoms with Crippen molar-refractivity contribution in [3.8, 4) is 16.9 Å². The molecule has 1 N–H and O–H groups in total. The van der Waals surface area contributed by atoms with E-state index in [1.807, 2.05) is 48.4 Å². The number of aromatic nitrogens is 2. The maximum absolute atomic E-state index is 13.9. The van der Waals surface area contributed by atoms with Crippen molar-refractivity contribution >= 4 is 23.1 Å². The summed E-state index contributed by atoms with van der Waals surface area (Å²) in [5.74, 6) is 1.67. The number of carbonyl (C=O) groups is 1. The molecule has 0 saturated heterocycles. The molecule has 1 fully saturated rings. The van der Waals surface area contributed by atoms with Gasteiger partial charge in [0, 0.05) is 36.5 Å². The quantitative estimate of drug-likeness (QED) is 0.556. The number of anilines is 3. The van der Waals surface area contributed by atoms with Crippen molar-refractivity contribution in [2.45, 2.75) is 45.3 Å². The number of carbonyl (C=O) groups excluding carboxylic acids is 1. The topological polar surface area (TPSA) is 76.6 Å². The van der Waals surface area contributed by atoms with E-state index in [-0.39, 0.29) is 17.9 Å². The third kappa shape index (κ3) is 4.48. The van der Waals surface area contributed by atoms with Crippen molar-refractivity contribution < 1.29 is 14.3 Å². The first kappa shape index (κ1) is 22.3. The van der Waals surface area contributed by atoms with E-state index in [4.69, 9.17) is 9.47 Å². The van der Waals surface area contributed by atoms with E-state index in [1.54, 1.807) is 19.5 Å². The summed E-state index contributed by atoms with van der Waals surface area (Å²) in [4.78, 5) is 24.7. The Balaban J connectivity index is 1.53. The Morgan fingerprint density at radius 1 is 1.12 bits per heavy atom. The molecule has 0 unspecified atom stereocenters. The maximum Gasteiger partial charge on any atom is 0.230 e. The van der Waals surface area contributed by atoms with Gasteiger partial charge in [0.15, 0.2) is 0 Å². The van der Waals surface area contributed by atoms with E-state index in [1.165, 1.54) is 0 Å². The summed E-state index contributed by atoms with van der Waals surface area (Å²) >= 11 is 0. The van der Waals surface area contributed by atoms with Gasteiger partial charge in [-0.15, -0.1) is 0 Å². The second-order valence-corrected chi connectivity index (χ2v) is 8.84. The molecule has 0 spiro atoms. The van der Waals surface area contributed by atoms with Crippen molar-refractivity contribution in [1.82, 2.24) is 9.97 Å². The van der Waals surface area contributed by atoms with E-state index in [0.29, 0.717) is 13.2 Å². The van der Waals surface area contributed by atoms with Gasteiger partial charge in [0.25, 0.3) is 0 Å². The Morgan fingerprint density at radius 2 is 1.97 bits per heavy atom. The van der Waals surface area contributed by atoms with Crippen LogP contribution in [0.25, 0.3) is 11.1 Å². The Bertz CT molecular complexity index is 1170. The summed E-state index contributed by atoms with van der Waals surface area (Å²) in [7, 11) is 1.75. The lowest BCUT2D eigenvalue weighted by molar-refractivity contribution is -0.124. The molecule has 5 rings (SSSR count). The van der Waals surface area contributed by atoms with Crippen LogP contribution in [0.3, 0.4) is 0 Å². The predicted octanol–water partition coefficient (Wildman–Crippen LogP) is 5.34. The van der Waals surface area contributed by atoms with Gasteiger partial charge in [-0.05, 0) is 62.4 Å². The number of nitrogens with zero attached hydrogens (tertiary/aromatic N) is 3. The zero-order valence-electron chi connectivity index (χ0n) is 19.7. The molecule has 2 aromatic heterocycles. The number of hydrogen-bond donors (Lipinski definition) is 1. The molecule has 1 aliphatic carbocycles. The number of nitrogens with one attached hydrogen (secondary N) is 1. The van der Waals surface area contributed by atoms with Gasteiger partial charge in [0.1, 0.15) is 11.6 Å². The summed E-state index contributed by atoms with van der Waals surface area (Å²) in [6.45, 7) is 3.01. The fourth-order valence-electron chi connectivity index (χ4n) is 4.89. The molecule has 1 amide bonds. The molecule has 7 heteroatoms. The second-order valence-electron chi connectivity index (χ2n) is 8.84. The Labute approximate surface area is 200 Å². The average molecular weight is 459 g/mol. The number of amides is 1. The molecule has 7 nitrogen and oxygen atoms in total. The number of fused-ring (bicyclic) bond motifs is 2. The molecule has 0 radical (unpaired) electrons.